The molecule has 1 unspecified atom stereocenters. The van der Waals surface area contributed by atoms with Crippen molar-refractivity contribution < 1.29 is 24.7 Å². The fourth-order valence-corrected chi connectivity index (χ4v) is 3.46. The summed E-state index contributed by atoms with van der Waals surface area (Å²) in [4.78, 5) is 23.1. The van der Waals surface area contributed by atoms with Crippen LogP contribution in [0.15, 0.2) is 0 Å². The topological polar surface area (TPSA) is 79.2 Å². The first-order valence-electron chi connectivity index (χ1n) is 12.0. The first-order chi connectivity index (χ1) is 14.2. The largest absolute Gasteiger partial charge is 0.394 e. The van der Waals surface area contributed by atoms with Gasteiger partial charge < -0.3 is 10.2 Å². The number of hydroxylamine groups is 2. The molecule has 0 aliphatic carbocycles. The van der Waals surface area contributed by atoms with Gasteiger partial charge in [-0.15, -0.1) is 0 Å². The molecular weight excluding hydrogens is 370 g/mol. The van der Waals surface area contributed by atoms with Gasteiger partial charge in [0.1, 0.15) is 6.04 Å². The van der Waals surface area contributed by atoms with Gasteiger partial charge in [-0.05, 0) is 12.8 Å². The Bertz CT molecular complexity index is 346. The quantitative estimate of drug-likeness (QED) is 0.181. The van der Waals surface area contributed by atoms with Gasteiger partial charge in [0.15, 0.2) is 5.78 Å². The number of carbonyl (C=O) groups is 1. The van der Waals surface area contributed by atoms with Gasteiger partial charge in [-0.3, -0.25) is 14.5 Å². The average Bonchev–Trinajstić information content (AvgIpc) is 2.73. The van der Waals surface area contributed by atoms with E-state index in [0.717, 1.165) is 18.1 Å². The van der Waals surface area contributed by atoms with E-state index in [4.69, 9.17) is 19.9 Å². The SMILES string of the molecule is CCCCCCCCCCCCCCCC(=O)C(CC)N(OCCO)OCCO. The van der Waals surface area contributed by atoms with Gasteiger partial charge in [-0.25, -0.2) is 0 Å². The second-order valence-electron chi connectivity index (χ2n) is 7.78. The van der Waals surface area contributed by atoms with E-state index in [1.165, 1.54) is 70.6 Å². The Morgan fingerprint density at radius 2 is 1.14 bits per heavy atom. The first-order valence-corrected chi connectivity index (χ1v) is 12.0. The summed E-state index contributed by atoms with van der Waals surface area (Å²) in [5.74, 6) is 0.0893. The molecule has 0 amide bonds. The summed E-state index contributed by atoms with van der Waals surface area (Å²) in [6.07, 6.45) is 17.7. The molecule has 6 heteroatoms. The zero-order chi connectivity index (χ0) is 21.6. The summed E-state index contributed by atoms with van der Waals surface area (Å²) in [5, 5.41) is 19.0. The number of Topliss-reactive ketones (excluding diaryl/α,β-unsaturated/α-hetero) is 1. The molecule has 0 fully saturated rings. The monoisotopic (exact) mass is 417 g/mol. The molecule has 0 aromatic carbocycles. The summed E-state index contributed by atoms with van der Waals surface area (Å²) < 4.78 is 0. The van der Waals surface area contributed by atoms with Crippen molar-refractivity contribution in [3.63, 3.8) is 0 Å². The van der Waals surface area contributed by atoms with Crippen LogP contribution in [0.2, 0.25) is 0 Å². The number of ketones is 1. The van der Waals surface area contributed by atoms with E-state index >= 15 is 0 Å². The lowest BCUT2D eigenvalue weighted by Crippen LogP contribution is -2.42. The molecule has 0 aromatic rings. The molecule has 0 saturated heterocycles. The highest BCUT2D eigenvalue weighted by Crippen LogP contribution is 2.15. The number of aliphatic hydroxyl groups is 2. The Kier molecular flexibility index (Phi) is 21.8. The maximum absolute atomic E-state index is 12.5. The van der Waals surface area contributed by atoms with Crippen LogP contribution in [0, 0.1) is 0 Å². The summed E-state index contributed by atoms with van der Waals surface area (Å²) in [5.41, 5.74) is 0. The van der Waals surface area contributed by atoms with E-state index in [-0.39, 0.29) is 32.2 Å². The minimum absolute atomic E-state index is 0.0634. The molecule has 0 aromatic heterocycles. The van der Waals surface area contributed by atoms with Crippen molar-refractivity contribution in [3.8, 4) is 0 Å². The number of carbonyl (C=O) groups excluding carboxylic acids is 1. The van der Waals surface area contributed by atoms with Gasteiger partial charge in [0.25, 0.3) is 0 Å². The fourth-order valence-electron chi connectivity index (χ4n) is 3.46. The molecule has 29 heavy (non-hydrogen) atoms. The van der Waals surface area contributed by atoms with Crippen LogP contribution in [0.5, 0.6) is 0 Å². The van der Waals surface area contributed by atoms with E-state index in [0.29, 0.717) is 12.8 Å². The van der Waals surface area contributed by atoms with Crippen molar-refractivity contribution >= 4 is 5.78 Å². The predicted molar refractivity (Wildman–Crippen MR) is 117 cm³/mol. The molecule has 2 N–H and O–H groups in total. The van der Waals surface area contributed by atoms with Gasteiger partial charge in [0.2, 0.25) is 0 Å². The zero-order valence-corrected chi connectivity index (χ0v) is 19.1. The Hall–Kier alpha value is -0.530. The maximum Gasteiger partial charge on any atom is 0.154 e. The van der Waals surface area contributed by atoms with Crippen LogP contribution in [-0.4, -0.2) is 53.7 Å². The summed E-state index contributed by atoms with van der Waals surface area (Å²) in [6.45, 7) is 3.99. The van der Waals surface area contributed by atoms with Crippen LogP contribution in [0.25, 0.3) is 0 Å². The molecule has 0 heterocycles. The number of hydrogen-bond acceptors (Lipinski definition) is 6. The van der Waals surface area contributed by atoms with Crippen LogP contribution < -0.4 is 0 Å². The lowest BCUT2D eigenvalue weighted by molar-refractivity contribution is -0.384. The van der Waals surface area contributed by atoms with E-state index in [1.54, 1.807) is 0 Å². The number of aliphatic hydroxyl groups excluding tert-OH is 2. The summed E-state index contributed by atoms with van der Waals surface area (Å²) >= 11 is 0. The molecular formula is C23H47NO5. The minimum Gasteiger partial charge on any atom is -0.394 e. The van der Waals surface area contributed by atoms with E-state index in [1.807, 2.05) is 6.92 Å². The molecule has 174 valence electrons. The summed E-state index contributed by atoms with van der Waals surface area (Å²) in [6, 6.07) is -0.495. The maximum atomic E-state index is 12.5. The van der Waals surface area contributed by atoms with Crippen LogP contribution >= 0.6 is 0 Å². The normalized spacial score (nSPS) is 12.6. The highest BCUT2D eigenvalue weighted by molar-refractivity contribution is 5.83. The molecule has 0 rings (SSSR count). The van der Waals surface area contributed by atoms with Crippen molar-refractivity contribution in [1.29, 1.82) is 0 Å². The van der Waals surface area contributed by atoms with Gasteiger partial charge in [-0.1, -0.05) is 96.1 Å². The first kappa shape index (κ1) is 28.5. The Morgan fingerprint density at radius 1 is 0.724 bits per heavy atom. The van der Waals surface area contributed by atoms with E-state index < -0.39 is 6.04 Å². The van der Waals surface area contributed by atoms with Crippen molar-refractivity contribution in [2.24, 2.45) is 0 Å². The highest BCUT2D eigenvalue weighted by Gasteiger charge is 2.25. The second-order valence-corrected chi connectivity index (χ2v) is 7.78. The van der Waals surface area contributed by atoms with Crippen molar-refractivity contribution in [2.75, 3.05) is 26.4 Å². The van der Waals surface area contributed by atoms with Crippen LogP contribution in [-0.2, 0) is 14.5 Å². The van der Waals surface area contributed by atoms with Crippen molar-refractivity contribution in [1.82, 2.24) is 5.23 Å². The van der Waals surface area contributed by atoms with E-state index in [2.05, 4.69) is 6.92 Å². The predicted octanol–water partition coefficient (Wildman–Crippen LogP) is 4.97. The molecule has 0 spiro atoms. The number of nitrogens with zero attached hydrogens (tertiary/aromatic N) is 1. The van der Waals surface area contributed by atoms with Crippen molar-refractivity contribution in [2.45, 2.75) is 116 Å². The highest BCUT2D eigenvalue weighted by atomic mass is 17.0. The third kappa shape index (κ3) is 16.9. The molecule has 0 bridgehead atoms. The Morgan fingerprint density at radius 3 is 1.52 bits per heavy atom. The van der Waals surface area contributed by atoms with E-state index in [9.17, 15) is 4.79 Å². The zero-order valence-electron chi connectivity index (χ0n) is 19.1. The summed E-state index contributed by atoms with van der Waals surface area (Å²) in [7, 11) is 0. The van der Waals surface area contributed by atoms with Crippen LogP contribution in [0.1, 0.15) is 110 Å². The fraction of sp³-hybridized carbons (Fsp3) is 0.957. The van der Waals surface area contributed by atoms with Gasteiger partial charge >= 0.3 is 0 Å². The minimum atomic E-state index is -0.495. The Balaban J connectivity index is 3.78. The third-order valence-corrected chi connectivity index (χ3v) is 5.16. The molecule has 6 nitrogen and oxygen atoms in total. The second kappa shape index (κ2) is 22.2. The third-order valence-electron chi connectivity index (χ3n) is 5.16. The number of rotatable bonds is 23. The van der Waals surface area contributed by atoms with Crippen LogP contribution in [0.4, 0.5) is 0 Å². The van der Waals surface area contributed by atoms with Crippen LogP contribution in [0.3, 0.4) is 0 Å². The van der Waals surface area contributed by atoms with Gasteiger partial charge in [-0.2, -0.15) is 0 Å². The number of hydrogen-bond donors (Lipinski definition) is 2. The Labute approximate surface area is 178 Å². The van der Waals surface area contributed by atoms with Gasteiger partial charge in [0, 0.05) is 6.42 Å². The molecule has 1 atom stereocenters. The molecule has 0 radical (unpaired) electrons. The molecule has 0 aliphatic heterocycles. The lowest BCUT2D eigenvalue weighted by atomic mass is 10.0. The molecule has 0 saturated carbocycles. The van der Waals surface area contributed by atoms with Gasteiger partial charge in [0.05, 0.1) is 26.4 Å². The number of unbranched alkanes of at least 4 members (excludes halogenated alkanes) is 12. The standard InChI is InChI=1S/C23H47NO5/c1-3-5-6-7-8-9-10-11-12-13-14-15-16-17-23(27)22(4-2)24(28-20-18-25)29-21-19-26/h22,25-26H,3-21H2,1-2H3. The van der Waals surface area contributed by atoms with Crippen molar-refractivity contribution in [3.05, 3.63) is 0 Å². The molecule has 0 aliphatic rings. The lowest BCUT2D eigenvalue weighted by Gasteiger charge is -2.27. The average molecular weight is 418 g/mol. The smallest absolute Gasteiger partial charge is 0.154 e.